The van der Waals surface area contributed by atoms with Crippen molar-refractivity contribution in [3.8, 4) is 0 Å². The van der Waals surface area contributed by atoms with Gasteiger partial charge in [-0.2, -0.15) is 0 Å². The quantitative estimate of drug-likeness (QED) is 0.379. The van der Waals surface area contributed by atoms with Gasteiger partial charge in [-0.05, 0) is 49.9 Å². The van der Waals surface area contributed by atoms with Crippen molar-refractivity contribution in [3.05, 3.63) is 0 Å². The van der Waals surface area contributed by atoms with Gasteiger partial charge in [-0.15, -0.1) is 0 Å². The first-order valence-electron chi connectivity index (χ1n) is 9.85. The fraction of sp³-hybridized carbons (Fsp3) is 0.900. The van der Waals surface area contributed by atoms with Gasteiger partial charge in [0.05, 0.1) is 6.61 Å². The normalized spacial score (nSPS) is 31.8. The zero-order valence-electron chi connectivity index (χ0n) is 15.0. The predicted octanol–water partition coefficient (Wildman–Crippen LogP) is 4.92. The molecule has 0 saturated heterocycles. The number of rotatable bonds is 7. The molecule has 0 bridgehead atoms. The Hall–Kier alpha value is -0.860. The number of Topliss-reactive ketones (excluding diaryl/α,β-unsaturated/α-hetero) is 1. The lowest BCUT2D eigenvalue weighted by molar-refractivity contribution is -0.154. The minimum absolute atomic E-state index is 0.137. The second-order valence-corrected chi connectivity index (χ2v) is 7.65. The van der Waals surface area contributed by atoms with Crippen LogP contribution in [0.25, 0.3) is 0 Å². The molecule has 2 rings (SSSR count). The molecule has 2 saturated carbocycles. The lowest BCUT2D eigenvalue weighted by atomic mass is 9.68. The highest BCUT2D eigenvalue weighted by Crippen LogP contribution is 2.41. The summed E-state index contributed by atoms with van der Waals surface area (Å²) in [5, 5.41) is 0. The van der Waals surface area contributed by atoms with E-state index in [1.165, 1.54) is 38.5 Å². The van der Waals surface area contributed by atoms with E-state index in [4.69, 9.17) is 4.74 Å². The molecule has 0 N–H and O–H groups in total. The van der Waals surface area contributed by atoms with Gasteiger partial charge in [0, 0.05) is 6.42 Å². The zero-order valence-corrected chi connectivity index (χ0v) is 15.0. The molecule has 3 nitrogen and oxygen atoms in total. The first-order valence-corrected chi connectivity index (χ1v) is 9.85. The van der Waals surface area contributed by atoms with Crippen LogP contribution >= 0.6 is 0 Å². The van der Waals surface area contributed by atoms with Crippen molar-refractivity contribution in [2.75, 3.05) is 6.61 Å². The molecule has 0 aromatic rings. The minimum Gasteiger partial charge on any atom is -0.465 e. The maximum atomic E-state index is 12.4. The molecule has 0 aromatic heterocycles. The minimum atomic E-state index is -0.473. The molecule has 2 aliphatic carbocycles. The van der Waals surface area contributed by atoms with Crippen molar-refractivity contribution in [1.82, 2.24) is 0 Å². The number of hydrogen-bond acceptors (Lipinski definition) is 3. The van der Waals surface area contributed by atoms with E-state index in [0.717, 1.165) is 25.2 Å². The largest absolute Gasteiger partial charge is 0.465 e. The summed E-state index contributed by atoms with van der Waals surface area (Å²) in [5.41, 5.74) is 0. The molecule has 132 valence electrons. The molecule has 0 spiro atoms. The van der Waals surface area contributed by atoms with E-state index in [2.05, 4.69) is 13.8 Å². The number of ether oxygens (including phenoxy) is 1. The standard InChI is InChI=1S/C20H34O3/c1-3-5-13-23-20(22)18-12-11-17(14-19(18)21)16-9-7-15(6-4-2)8-10-16/h15-18H,3-14H2,1-2H3. The van der Waals surface area contributed by atoms with Gasteiger partial charge in [0.2, 0.25) is 0 Å². The molecule has 2 unspecified atom stereocenters. The van der Waals surface area contributed by atoms with Gasteiger partial charge >= 0.3 is 5.97 Å². The Balaban J connectivity index is 1.75. The highest BCUT2D eigenvalue weighted by atomic mass is 16.5. The van der Waals surface area contributed by atoms with E-state index in [-0.39, 0.29) is 11.8 Å². The smallest absolute Gasteiger partial charge is 0.316 e. The summed E-state index contributed by atoms with van der Waals surface area (Å²) in [6.45, 7) is 4.80. The molecule has 3 heteroatoms. The topological polar surface area (TPSA) is 43.4 Å². The molecule has 0 aliphatic heterocycles. The zero-order chi connectivity index (χ0) is 16.7. The second kappa shape index (κ2) is 9.44. The molecule has 2 fully saturated rings. The summed E-state index contributed by atoms with van der Waals surface area (Å²) >= 11 is 0. The third kappa shape index (κ3) is 5.32. The van der Waals surface area contributed by atoms with E-state index >= 15 is 0 Å². The van der Waals surface area contributed by atoms with Gasteiger partial charge in [0.1, 0.15) is 11.7 Å². The molecule has 2 aliphatic rings. The van der Waals surface area contributed by atoms with Crippen molar-refractivity contribution >= 4 is 11.8 Å². The van der Waals surface area contributed by atoms with Gasteiger partial charge in [0.25, 0.3) is 0 Å². The average Bonchev–Trinajstić information content (AvgIpc) is 2.56. The van der Waals surface area contributed by atoms with Gasteiger partial charge in [0.15, 0.2) is 0 Å². The van der Waals surface area contributed by atoms with Crippen LogP contribution in [0.4, 0.5) is 0 Å². The third-order valence-electron chi connectivity index (χ3n) is 5.96. The molecule has 0 radical (unpaired) electrons. The summed E-state index contributed by atoms with van der Waals surface area (Å²) in [5.74, 6) is 1.54. The molecule has 0 amide bonds. The van der Waals surface area contributed by atoms with Crippen LogP contribution in [0.1, 0.15) is 84.5 Å². The first kappa shape index (κ1) is 18.5. The Morgan fingerprint density at radius 1 is 1.00 bits per heavy atom. The Kier molecular flexibility index (Phi) is 7.58. The Morgan fingerprint density at radius 3 is 2.30 bits per heavy atom. The molecule has 2 atom stereocenters. The number of hydrogen-bond donors (Lipinski definition) is 0. The van der Waals surface area contributed by atoms with Crippen LogP contribution in [0.5, 0.6) is 0 Å². The SMILES string of the molecule is CCCCOC(=O)C1CCC(C2CCC(CCC)CC2)CC1=O. The van der Waals surface area contributed by atoms with Gasteiger partial charge in [-0.3, -0.25) is 9.59 Å². The summed E-state index contributed by atoms with van der Waals surface area (Å²) in [6, 6.07) is 0. The number of carbonyl (C=O) groups excluding carboxylic acids is 2. The van der Waals surface area contributed by atoms with Crippen LogP contribution in [-0.2, 0) is 14.3 Å². The van der Waals surface area contributed by atoms with Gasteiger partial charge in [-0.1, -0.05) is 46.0 Å². The van der Waals surface area contributed by atoms with Crippen molar-refractivity contribution in [1.29, 1.82) is 0 Å². The van der Waals surface area contributed by atoms with E-state index in [1.807, 2.05) is 0 Å². The third-order valence-corrected chi connectivity index (χ3v) is 5.96. The van der Waals surface area contributed by atoms with Crippen LogP contribution in [0.15, 0.2) is 0 Å². The highest BCUT2D eigenvalue weighted by Gasteiger charge is 2.38. The van der Waals surface area contributed by atoms with Crippen molar-refractivity contribution in [3.63, 3.8) is 0 Å². The number of esters is 1. The molecule has 0 heterocycles. The second-order valence-electron chi connectivity index (χ2n) is 7.65. The van der Waals surface area contributed by atoms with Crippen LogP contribution in [0, 0.1) is 23.7 Å². The highest BCUT2D eigenvalue weighted by molar-refractivity contribution is 5.99. The van der Waals surface area contributed by atoms with Crippen molar-refractivity contribution in [2.45, 2.75) is 84.5 Å². The van der Waals surface area contributed by atoms with E-state index in [9.17, 15) is 9.59 Å². The fourth-order valence-electron chi connectivity index (χ4n) is 4.47. The van der Waals surface area contributed by atoms with Crippen molar-refractivity contribution < 1.29 is 14.3 Å². The molecular formula is C20H34O3. The summed E-state index contributed by atoms with van der Waals surface area (Å²) < 4.78 is 5.25. The Morgan fingerprint density at radius 2 is 1.70 bits per heavy atom. The molecule has 0 aromatic carbocycles. The lowest BCUT2D eigenvalue weighted by Gasteiger charge is -2.36. The fourth-order valence-corrected chi connectivity index (χ4v) is 4.47. The van der Waals surface area contributed by atoms with Crippen LogP contribution in [0.3, 0.4) is 0 Å². The van der Waals surface area contributed by atoms with Crippen LogP contribution in [-0.4, -0.2) is 18.4 Å². The van der Waals surface area contributed by atoms with E-state index in [1.54, 1.807) is 0 Å². The molecule has 23 heavy (non-hydrogen) atoms. The maximum Gasteiger partial charge on any atom is 0.316 e. The van der Waals surface area contributed by atoms with E-state index in [0.29, 0.717) is 31.3 Å². The number of carbonyl (C=O) groups is 2. The average molecular weight is 322 g/mol. The van der Waals surface area contributed by atoms with E-state index < -0.39 is 5.92 Å². The maximum absolute atomic E-state index is 12.4. The first-order chi connectivity index (χ1) is 11.2. The summed E-state index contributed by atoms with van der Waals surface area (Å²) in [6.07, 6.45) is 12.1. The van der Waals surface area contributed by atoms with Crippen molar-refractivity contribution in [2.24, 2.45) is 23.7 Å². The Labute approximate surface area is 141 Å². The van der Waals surface area contributed by atoms with Crippen LogP contribution in [0.2, 0.25) is 0 Å². The van der Waals surface area contributed by atoms with Crippen LogP contribution < -0.4 is 0 Å². The number of ketones is 1. The number of unbranched alkanes of at least 4 members (excludes halogenated alkanes) is 1. The Bertz CT molecular complexity index is 382. The van der Waals surface area contributed by atoms with Gasteiger partial charge in [-0.25, -0.2) is 0 Å². The lowest BCUT2D eigenvalue weighted by Crippen LogP contribution is -2.35. The monoisotopic (exact) mass is 322 g/mol. The summed E-state index contributed by atoms with van der Waals surface area (Å²) in [7, 11) is 0. The predicted molar refractivity (Wildman–Crippen MR) is 92.1 cm³/mol. The molecular weight excluding hydrogens is 288 g/mol. The summed E-state index contributed by atoms with van der Waals surface area (Å²) in [4.78, 5) is 24.4. The van der Waals surface area contributed by atoms with Gasteiger partial charge < -0.3 is 4.74 Å².